The summed E-state index contributed by atoms with van der Waals surface area (Å²) in [6.45, 7) is 0. The van der Waals surface area contributed by atoms with Crippen LogP contribution >= 0.6 is 0 Å². The Balaban J connectivity index is 2.06. The maximum Gasteiger partial charge on any atom is 0.433 e. The van der Waals surface area contributed by atoms with E-state index in [1.165, 1.54) is 12.1 Å². The molecule has 1 amide bonds. The van der Waals surface area contributed by atoms with Crippen LogP contribution in [0, 0.1) is 10.1 Å². The molecule has 1 unspecified atom stereocenters. The maximum atomic E-state index is 11.9. The number of anilines is 1. The van der Waals surface area contributed by atoms with Gasteiger partial charge in [-0.15, -0.1) is 0 Å². The first-order valence-corrected chi connectivity index (χ1v) is 5.31. The number of furan rings is 1. The topological polar surface area (TPSA) is 85.4 Å². The highest BCUT2D eigenvalue weighted by atomic mass is 16.6. The number of rotatable bonds is 2. The summed E-state index contributed by atoms with van der Waals surface area (Å²) >= 11 is 0. The lowest BCUT2D eigenvalue weighted by molar-refractivity contribution is -0.402. The summed E-state index contributed by atoms with van der Waals surface area (Å²) in [4.78, 5) is 21.8. The monoisotopic (exact) mass is 244 g/mol. The van der Waals surface area contributed by atoms with Crippen molar-refractivity contribution in [1.82, 2.24) is 0 Å². The lowest BCUT2D eigenvalue weighted by Gasteiger charge is -2.03. The van der Waals surface area contributed by atoms with Crippen molar-refractivity contribution >= 4 is 17.5 Å². The van der Waals surface area contributed by atoms with E-state index < -0.39 is 10.8 Å². The number of nitrogens with zero attached hydrogens (tertiary/aromatic N) is 1. The van der Waals surface area contributed by atoms with Gasteiger partial charge >= 0.3 is 5.88 Å². The van der Waals surface area contributed by atoms with Gasteiger partial charge in [-0.1, -0.05) is 18.2 Å². The highest BCUT2D eigenvalue weighted by Crippen LogP contribution is 2.38. The van der Waals surface area contributed by atoms with Gasteiger partial charge in [-0.05, 0) is 17.7 Å². The van der Waals surface area contributed by atoms with Crippen LogP contribution in [0.25, 0.3) is 0 Å². The predicted molar refractivity (Wildman–Crippen MR) is 62.3 cm³/mol. The minimum atomic E-state index is -0.623. The molecule has 1 N–H and O–H groups in total. The summed E-state index contributed by atoms with van der Waals surface area (Å²) in [5.41, 5.74) is 1.48. The van der Waals surface area contributed by atoms with E-state index in [4.69, 9.17) is 4.42 Å². The molecular weight excluding hydrogens is 236 g/mol. The second-order valence-electron chi connectivity index (χ2n) is 3.94. The number of carbonyl (C=O) groups excluding carboxylic acids is 1. The van der Waals surface area contributed by atoms with Gasteiger partial charge in [-0.25, -0.2) is 0 Å². The molecule has 0 saturated heterocycles. The van der Waals surface area contributed by atoms with Gasteiger partial charge in [0.05, 0.1) is 6.07 Å². The van der Waals surface area contributed by atoms with Gasteiger partial charge in [-0.3, -0.25) is 14.9 Å². The van der Waals surface area contributed by atoms with Gasteiger partial charge in [0, 0.05) is 5.69 Å². The summed E-state index contributed by atoms with van der Waals surface area (Å²) in [5.74, 6) is -0.929. The number of hydrogen-bond donors (Lipinski definition) is 1. The van der Waals surface area contributed by atoms with Gasteiger partial charge < -0.3 is 9.73 Å². The number of nitro groups is 1. The molecule has 0 bridgehead atoms. The number of amides is 1. The molecule has 0 saturated carbocycles. The predicted octanol–water partition coefficient (Wildman–Crippen LogP) is 2.27. The Hall–Kier alpha value is -2.63. The second kappa shape index (κ2) is 3.69. The zero-order chi connectivity index (χ0) is 12.7. The SMILES string of the molecule is O=C1Nc2ccccc2C1c1ccc([N+](=O)[O-])o1. The van der Waals surface area contributed by atoms with Crippen molar-refractivity contribution in [1.29, 1.82) is 0 Å². The molecule has 3 rings (SSSR count). The molecule has 6 nitrogen and oxygen atoms in total. The molecule has 0 spiro atoms. The number of para-hydroxylation sites is 1. The molecule has 0 fully saturated rings. The number of fused-ring (bicyclic) bond motifs is 1. The van der Waals surface area contributed by atoms with Gasteiger partial charge in [0.25, 0.3) is 0 Å². The van der Waals surface area contributed by atoms with Gasteiger partial charge in [0.1, 0.15) is 16.6 Å². The van der Waals surface area contributed by atoms with Crippen LogP contribution in [-0.2, 0) is 4.79 Å². The first-order valence-electron chi connectivity index (χ1n) is 5.31. The molecule has 1 atom stereocenters. The third-order valence-electron chi connectivity index (χ3n) is 2.87. The highest BCUT2D eigenvalue weighted by molar-refractivity contribution is 6.04. The minimum Gasteiger partial charge on any atom is -0.405 e. The molecular formula is C12H8N2O4. The third kappa shape index (κ3) is 1.46. The Bertz CT molecular complexity index is 647. The van der Waals surface area contributed by atoms with E-state index in [0.29, 0.717) is 5.69 Å². The number of nitrogens with one attached hydrogen (secondary N) is 1. The van der Waals surface area contributed by atoms with Crippen LogP contribution < -0.4 is 5.32 Å². The Kier molecular flexibility index (Phi) is 2.16. The van der Waals surface area contributed by atoms with Gasteiger partial charge in [0.15, 0.2) is 0 Å². The zero-order valence-electron chi connectivity index (χ0n) is 9.12. The molecule has 2 heterocycles. The minimum absolute atomic E-state index is 0.236. The Morgan fingerprint density at radius 3 is 2.72 bits per heavy atom. The van der Waals surface area contributed by atoms with E-state index in [9.17, 15) is 14.9 Å². The second-order valence-corrected chi connectivity index (χ2v) is 3.94. The van der Waals surface area contributed by atoms with Crippen LogP contribution in [0.5, 0.6) is 0 Å². The van der Waals surface area contributed by atoms with Crippen molar-refractivity contribution in [3.63, 3.8) is 0 Å². The molecule has 1 aliphatic rings. The van der Waals surface area contributed by atoms with Crippen LogP contribution in [0.1, 0.15) is 17.2 Å². The van der Waals surface area contributed by atoms with Crippen molar-refractivity contribution in [2.75, 3.05) is 5.32 Å². The average molecular weight is 244 g/mol. The highest BCUT2D eigenvalue weighted by Gasteiger charge is 2.34. The molecule has 1 aliphatic heterocycles. The van der Waals surface area contributed by atoms with Crippen LogP contribution in [0.15, 0.2) is 40.8 Å². The average Bonchev–Trinajstić information content (AvgIpc) is 2.91. The summed E-state index contributed by atoms with van der Waals surface area (Å²) < 4.78 is 5.10. The van der Waals surface area contributed by atoms with Gasteiger partial charge in [0.2, 0.25) is 5.91 Å². The Morgan fingerprint density at radius 1 is 1.22 bits per heavy atom. The fourth-order valence-corrected chi connectivity index (χ4v) is 2.09. The van der Waals surface area contributed by atoms with Crippen molar-refractivity contribution in [3.8, 4) is 0 Å². The summed E-state index contributed by atoms with van der Waals surface area (Å²) in [6, 6.07) is 9.92. The van der Waals surface area contributed by atoms with E-state index in [1.807, 2.05) is 12.1 Å². The van der Waals surface area contributed by atoms with Gasteiger partial charge in [-0.2, -0.15) is 0 Å². The van der Waals surface area contributed by atoms with Crippen LogP contribution in [0.2, 0.25) is 0 Å². The van der Waals surface area contributed by atoms with E-state index in [-0.39, 0.29) is 17.6 Å². The van der Waals surface area contributed by atoms with Crippen molar-refractivity contribution in [2.24, 2.45) is 0 Å². The van der Waals surface area contributed by atoms with Crippen LogP contribution in [-0.4, -0.2) is 10.8 Å². The lowest BCUT2D eigenvalue weighted by atomic mass is 9.98. The molecule has 0 radical (unpaired) electrons. The first kappa shape index (κ1) is 10.5. The third-order valence-corrected chi connectivity index (χ3v) is 2.87. The van der Waals surface area contributed by atoms with E-state index in [1.54, 1.807) is 12.1 Å². The molecule has 18 heavy (non-hydrogen) atoms. The van der Waals surface area contributed by atoms with E-state index >= 15 is 0 Å². The molecule has 2 aromatic rings. The fraction of sp³-hybridized carbons (Fsp3) is 0.0833. The smallest absolute Gasteiger partial charge is 0.405 e. The van der Waals surface area contributed by atoms with Crippen molar-refractivity contribution in [3.05, 3.63) is 57.8 Å². The molecule has 0 aliphatic carbocycles. The standard InChI is InChI=1S/C12H8N2O4/c15-12-11(7-3-1-2-4-8(7)13-12)9-5-6-10(18-9)14(16)17/h1-6,11H,(H,13,15). The fourth-order valence-electron chi connectivity index (χ4n) is 2.09. The summed E-state index contributed by atoms with van der Waals surface area (Å²) in [5, 5.41) is 13.3. The van der Waals surface area contributed by atoms with Crippen LogP contribution in [0.4, 0.5) is 11.6 Å². The molecule has 1 aromatic heterocycles. The van der Waals surface area contributed by atoms with E-state index in [2.05, 4.69) is 5.32 Å². The largest absolute Gasteiger partial charge is 0.433 e. The normalized spacial score (nSPS) is 17.3. The van der Waals surface area contributed by atoms with Crippen molar-refractivity contribution in [2.45, 2.75) is 5.92 Å². The number of benzene rings is 1. The number of carbonyl (C=O) groups is 1. The Labute approximate surface area is 101 Å². The summed E-state index contributed by atoms with van der Waals surface area (Å²) in [6.07, 6.45) is 0. The van der Waals surface area contributed by atoms with E-state index in [0.717, 1.165) is 5.56 Å². The Morgan fingerprint density at radius 2 is 2.00 bits per heavy atom. The first-order chi connectivity index (χ1) is 8.66. The maximum absolute atomic E-state index is 11.9. The quantitative estimate of drug-likeness (QED) is 0.648. The van der Waals surface area contributed by atoms with Crippen LogP contribution in [0.3, 0.4) is 0 Å². The lowest BCUT2D eigenvalue weighted by Crippen LogP contribution is -2.12. The molecule has 1 aromatic carbocycles. The number of hydrogen-bond acceptors (Lipinski definition) is 4. The zero-order valence-corrected chi connectivity index (χ0v) is 9.12. The molecule has 90 valence electrons. The molecule has 6 heteroatoms. The van der Waals surface area contributed by atoms with Crippen molar-refractivity contribution < 1.29 is 14.1 Å². The summed E-state index contributed by atoms with van der Waals surface area (Å²) in [7, 11) is 0.